The molecule has 3 heterocycles. The molecule has 1 aromatic heterocycles. The first-order valence-electron chi connectivity index (χ1n) is 8.35. The number of aromatic nitrogens is 3. The van der Waals surface area contributed by atoms with Crippen LogP contribution in [-0.4, -0.2) is 13.9 Å². The number of nitrogens with zero attached hydrogens (tertiary/aromatic N) is 3. The van der Waals surface area contributed by atoms with Gasteiger partial charge in [0.25, 0.3) is 0 Å². The van der Waals surface area contributed by atoms with Crippen LogP contribution >= 0.6 is 0 Å². The molecule has 6 rings (SSSR count). The van der Waals surface area contributed by atoms with Gasteiger partial charge in [-0.25, -0.2) is 23.5 Å². The van der Waals surface area contributed by atoms with E-state index in [1.807, 2.05) is 18.2 Å². The van der Waals surface area contributed by atoms with Crippen molar-refractivity contribution >= 4 is 0 Å². The Morgan fingerprint density at radius 1 is 0.958 bits per heavy atom. The summed E-state index contributed by atoms with van der Waals surface area (Å²) in [5.74, 6) is 0.302. The van der Waals surface area contributed by atoms with Gasteiger partial charge in [0.2, 0.25) is 0 Å². The van der Waals surface area contributed by atoms with E-state index in [1.54, 1.807) is 21.5 Å². The van der Waals surface area contributed by atoms with E-state index in [0.717, 1.165) is 0 Å². The van der Waals surface area contributed by atoms with Gasteiger partial charge in [0, 0.05) is 11.3 Å². The number of para-hydroxylation sites is 1. The molecule has 0 fully saturated rings. The fourth-order valence-corrected chi connectivity index (χ4v) is 5.16. The molecule has 24 heavy (non-hydrogen) atoms. The quantitative estimate of drug-likeness (QED) is 0.758. The van der Waals surface area contributed by atoms with Gasteiger partial charge in [0.05, 0.1) is 17.8 Å². The third-order valence-electron chi connectivity index (χ3n) is 6.53. The van der Waals surface area contributed by atoms with Gasteiger partial charge in [-0.3, -0.25) is 0 Å². The number of allylic oxidation sites excluding steroid dienone is 4. The minimum atomic E-state index is -0.248. The van der Waals surface area contributed by atoms with Gasteiger partial charge in [-0.1, -0.05) is 48.4 Å². The van der Waals surface area contributed by atoms with E-state index in [1.165, 1.54) is 15.7 Å². The highest BCUT2D eigenvalue weighted by Gasteiger charge is 2.61. The Hall–Kier alpha value is -2.56. The molecule has 4 atom stereocenters. The second-order valence-electron chi connectivity index (χ2n) is 7.31. The number of hydrogen-bond acceptors (Lipinski definition) is 2. The van der Waals surface area contributed by atoms with Crippen molar-refractivity contribution in [3.8, 4) is 5.69 Å². The summed E-state index contributed by atoms with van der Waals surface area (Å²) in [4.78, 5) is 26.1. The summed E-state index contributed by atoms with van der Waals surface area (Å²) in [7, 11) is 0. The van der Waals surface area contributed by atoms with E-state index in [2.05, 4.69) is 32.9 Å². The van der Waals surface area contributed by atoms with Crippen LogP contribution in [0.1, 0.15) is 32.9 Å². The van der Waals surface area contributed by atoms with Crippen LogP contribution in [-0.2, 0) is 0 Å². The summed E-state index contributed by atoms with van der Waals surface area (Å²) < 4.78 is 4.64. The Morgan fingerprint density at radius 2 is 1.62 bits per heavy atom. The number of benzene rings is 1. The van der Waals surface area contributed by atoms with Gasteiger partial charge >= 0.3 is 11.4 Å². The summed E-state index contributed by atoms with van der Waals surface area (Å²) in [6.07, 6.45) is 4.20. The Balaban J connectivity index is 1.82. The molecule has 2 aliphatic carbocycles. The van der Waals surface area contributed by atoms with Crippen molar-refractivity contribution in [1.29, 1.82) is 0 Å². The number of hydrogen-bond donors (Lipinski definition) is 0. The maximum absolute atomic E-state index is 13.1. The molecular formula is C19H19N3O2. The van der Waals surface area contributed by atoms with Gasteiger partial charge in [-0.15, -0.1) is 0 Å². The third-order valence-corrected chi connectivity index (χ3v) is 6.53. The van der Waals surface area contributed by atoms with Crippen molar-refractivity contribution < 1.29 is 0 Å². The SMILES string of the molecule is CC1=C(C)[C@@]2(C)[C@@H]3C=C[C@@H]([C@H]12)n1c(=O)n(-c2ccccc2)c(=O)n13. The highest BCUT2D eigenvalue weighted by molar-refractivity contribution is 5.44. The van der Waals surface area contributed by atoms with Crippen LogP contribution in [0.15, 0.2) is 63.2 Å². The van der Waals surface area contributed by atoms with E-state index in [9.17, 15) is 9.59 Å². The zero-order valence-corrected chi connectivity index (χ0v) is 13.9. The fraction of sp³-hybridized carbons (Fsp3) is 0.368. The molecule has 0 spiro atoms. The lowest BCUT2D eigenvalue weighted by Crippen LogP contribution is -2.59. The molecule has 0 amide bonds. The molecule has 0 saturated carbocycles. The average Bonchev–Trinajstić information content (AvgIpc) is 2.88. The van der Waals surface area contributed by atoms with Crippen molar-refractivity contribution in [3.05, 3.63) is 74.6 Å². The molecule has 5 heteroatoms. The minimum absolute atomic E-state index is 0.0668. The molecule has 2 bridgehead atoms. The summed E-state index contributed by atoms with van der Waals surface area (Å²) in [6.45, 7) is 6.53. The Labute approximate surface area is 139 Å². The van der Waals surface area contributed by atoms with Gasteiger partial charge < -0.3 is 0 Å². The van der Waals surface area contributed by atoms with Crippen molar-refractivity contribution in [2.75, 3.05) is 0 Å². The standard InChI is InChI=1S/C19H19N3O2/c1-11-12(2)19(3)15-10-9-14(16(11)19)21-17(23)20(18(24)22(15)21)13-7-5-4-6-8-13/h4-10,14-16H,1-3H3/t14-,15-,16-,19-/m0/s1. The van der Waals surface area contributed by atoms with Crippen LogP contribution in [0.3, 0.4) is 0 Å². The normalized spacial score (nSPS) is 32.5. The summed E-state index contributed by atoms with van der Waals surface area (Å²) in [6, 6.07) is 9.00. The fourth-order valence-electron chi connectivity index (χ4n) is 5.16. The second-order valence-corrected chi connectivity index (χ2v) is 7.31. The minimum Gasteiger partial charge on any atom is -0.245 e. The molecule has 0 saturated heterocycles. The van der Waals surface area contributed by atoms with Crippen molar-refractivity contribution in [2.45, 2.75) is 32.9 Å². The number of rotatable bonds is 1. The van der Waals surface area contributed by atoms with Gasteiger partial charge in [0.15, 0.2) is 0 Å². The van der Waals surface area contributed by atoms with Gasteiger partial charge in [-0.2, -0.15) is 0 Å². The van der Waals surface area contributed by atoms with Crippen LogP contribution in [0.25, 0.3) is 5.69 Å². The molecule has 0 N–H and O–H groups in total. The lowest BCUT2D eigenvalue weighted by atomic mass is 9.49. The molecule has 2 aliphatic heterocycles. The third kappa shape index (κ3) is 1.26. The Bertz CT molecular complexity index is 1050. The zero-order valence-electron chi connectivity index (χ0n) is 13.9. The van der Waals surface area contributed by atoms with Crippen LogP contribution < -0.4 is 11.4 Å². The lowest BCUT2D eigenvalue weighted by Gasteiger charge is -2.60. The maximum Gasteiger partial charge on any atom is 0.352 e. The van der Waals surface area contributed by atoms with E-state index in [0.29, 0.717) is 11.6 Å². The predicted molar refractivity (Wildman–Crippen MR) is 91.5 cm³/mol. The summed E-state index contributed by atoms with van der Waals surface area (Å²) in [5, 5.41) is 0. The van der Waals surface area contributed by atoms with E-state index in [-0.39, 0.29) is 28.9 Å². The van der Waals surface area contributed by atoms with Crippen molar-refractivity contribution in [1.82, 2.24) is 13.9 Å². The smallest absolute Gasteiger partial charge is 0.245 e. The van der Waals surface area contributed by atoms with Gasteiger partial charge in [0.1, 0.15) is 0 Å². The highest BCUT2D eigenvalue weighted by Crippen LogP contribution is 2.65. The lowest BCUT2D eigenvalue weighted by molar-refractivity contribution is 0.0303. The Kier molecular flexibility index (Phi) is 2.36. The van der Waals surface area contributed by atoms with Crippen LogP contribution in [0.5, 0.6) is 0 Å². The van der Waals surface area contributed by atoms with E-state index >= 15 is 0 Å². The Morgan fingerprint density at radius 3 is 2.33 bits per heavy atom. The molecule has 4 aliphatic rings. The van der Waals surface area contributed by atoms with Gasteiger partial charge in [-0.05, 0) is 26.0 Å². The first kappa shape index (κ1) is 13.8. The van der Waals surface area contributed by atoms with Crippen LogP contribution in [0.4, 0.5) is 0 Å². The summed E-state index contributed by atoms with van der Waals surface area (Å²) >= 11 is 0. The summed E-state index contributed by atoms with van der Waals surface area (Å²) in [5.41, 5.74) is 2.77. The molecular weight excluding hydrogens is 302 g/mol. The molecule has 0 unspecified atom stereocenters. The zero-order chi connectivity index (χ0) is 16.8. The first-order chi connectivity index (χ1) is 11.5. The van der Waals surface area contributed by atoms with Crippen LogP contribution in [0.2, 0.25) is 0 Å². The average molecular weight is 321 g/mol. The molecule has 0 radical (unpaired) electrons. The topological polar surface area (TPSA) is 48.9 Å². The maximum atomic E-state index is 13.1. The molecule has 2 aromatic rings. The largest absolute Gasteiger partial charge is 0.352 e. The second kappa shape index (κ2) is 4.09. The first-order valence-corrected chi connectivity index (χ1v) is 8.35. The molecule has 122 valence electrons. The van der Waals surface area contributed by atoms with E-state index in [4.69, 9.17) is 0 Å². The molecule has 5 nitrogen and oxygen atoms in total. The molecule has 1 aromatic carbocycles. The highest BCUT2D eigenvalue weighted by atomic mass is 16.2. The monoisotopic (exact) mass is 321 g/mol. The van der Waals surface area contributed by atoms with E-state index < -0.39 is 0 Å². The van der Waals surface area contributed by atoms with Crippen molar-refractivity contribution in [2.24, 2.45) is 11.3 Å². The van der Waals surface area contributed by atoms with Crippen molar-refractivity contribution in [3.63, 3.8) is 0 Å². The van der Waals surface area contributed by atoms with Crippen LogP contribution in [0, 0.1) is 11.3 Å². The predicted octanol–water partition coefficient (Wildman–Crippen LogP) is 2.44.